The van der Waals surface area contributed by atoms with Gasteiger partial charge in [0.1, 0.15) is 17.5 Å². The maximum absolute atomic E-state index is 4.58. The van der Waals surface area contributed by atoms with Gasteiger partial charge in [0.05, 0.1) is 11.9 Å². The van der Waals surface area contributed by atoms with Crippen molar-refractivity contribution in [3.63, 3.8) is 0 Å². The fourth-order valence-electron chi connectivity index (χ4n) is 1.96. The highest BCUT2D eigenvalue weighted by Crippen LogP contribution is 2.39. The summed E-state index contributed by atoms with van der Waals surface area (Å²) >= 11 is 0. The van der Waals surface area contributed by atoms with E-state index in [1.165, 1.54) is 12.8 Å². The van der Waals surface area contributed by atoms with Gasteiger partial charge in [-0.25, -0.2) is 9.97 Å². The van der Waals surface area contributed by atoms with Crippen molar-refractivity contribution in [2.75, 3.05) is 17.2 Å². The monoisotopic (exact) mass is 258 g/mol. The molecular weight excluding hydrogens is 240 g/mol. The van der Waals surface area contributed by atoms with E-state index in [1.54, 1.807) is 10.9 Å². The molecule has 1 aliphatic rings. The second-order valence-corrected chi connectivity index (χ2v) is 4.83. The van der Waals surface area contributed by atoms with E-state index in [-0.39, 0.29) is 0 Å². The van der Waals surface area contributed by atoms with Crippen LogP contribution in [0.5, 0.6) is 0 Å². The minimum Gasteiger partial charge on any atom is -0.370 e. The summed E-state index contributed by atoms with van der Waals surface area (Å²) in [5.41, 5.74) is 0.936. The molecule has 2 aromatic rings. The molecule has 0 atom stereocenters. The van der Waals surface area contributed by atoms with E-state index in [0.717, 1.165) is 29.7 Å². The van der Waals surface area contributed by atoms with Gasteiger partial charge in [-0.3, -0.25) is 4.68 Å². The molecule has 19 heavy (non-hydrogen) atoms. The lowest BCUT2D eigenvalue weighted by molar-refractivity contribution is 0.768. The van der Waals surface area contributed by atoms with Gasteiger partial charge in [0, 0.05) is 31.8 Å². The average Bonchev–Trinajstić information content (AvgIpc) is 3.14. The third kappa shape index (κ3) is 2.83. The summed E-state index contributed by atoms with van der Waals surface area (Å²) in [6.07, 6.45) is 6.10. The molecule has 0 saturated heterocycles. The SMILES string of the molecule is CCNc1cc(Nc2cnn(C)c2)nc(C2CC2)n1. The van der Waals surface area contributed by atoms with Gasteiger partial charge >= 0.3 is 0 Å². The van der Waals surface area contributed by atoms with Crippen LogP contribution in [0.15, 0.2) is 18.5 Å². The number of anilines is 3. The predicted molar refractivity (Wildman–Crippen MR) is 74.7 cm³/mol. The highest BCUT2D eigenvalue weighted by molar-refractivity contribution is 5.58. The maximum Gasteiger partial charge on any atom is 0.136 e. The molecule has 1 fully saturated rings. The highest BCUT2D eigenvalue weighted by atomic mass is 15.3. The van der Waals surface area contributed by atoms with E-state index in [1.807, 2.05) is 19.3 Å². The summed E-state index contributed by atoms with van der Waals surface area (Å²) in [4.78, 5) is 9.13. The van der Waals surface area contributed by atoms with Crippen molar-refractivity contribution in [3.05, 3.63) is 24.3 Å². The molecule has 6 nitrogen and oxygen atoms in total. The van der Waals surface area contributed by atoms with Crippen LogP contribution in [0.25, 0.3) is 0 Å². The smallest absolute Gasteiger partial charge is 0.136 e. The summed E-state index contributed by atoms with van der Waals surface area (Å²) in [7, 11) is 1.89. The Morgan fingerprint density at radius 1 is 1.32 bits per heavy atom. The van der Waals surface area contributed by atoms with Crippen molar-refractivity contribution in [3.8, 4) is 0 Å². The largest absolute Gasteiger partial charge is 0.370 e. The lowest BCUT2D eigenvalue weighted by Gasteiger charge is -2.09. The molecule has 0 aliphatic heterocycles. The van der Waals surface area contributed by atoms with Crippen molar-refractivity contribution in [1.82, 2.24) is 19.7 Å². The van der Waals surface area contributed by atoms with Gasteiger partial charge in [-0.05, 0) is 19.8 Å². The molecule has 1 saturated carbocycles. The van der Waals surface area contributed by atoms with Gasteiger partial charge in [0.2, 0.25) is 0 Å². The van der Waals surface area contributed by atoms with Crippen LogP contribution in [-0.2, 0) is 7.05 Å². The summed E-state index contributed by atoms with van der Waals surface area (Å²) in [5.74, 6) is 3.17. The third-order valence-electron chi connectivity index (χ3n) is 3.02. The Morgan fingerprint density at radius 2 is 2.11 bits per heavy atom. The van der Waals surface area contributed by atoms with Gasteiger partial charge in [0.15, 0.2) is 0 Å². The third-order valence-corrected chi connectivity index (χ3v) is 3.02. The highest BCUT2D eigenvalue weighted by Gasteiger charge is 2.27. The van der Waals surface area contributed by atoms with E-state index >= 15 is 0 Å². The Labute approximate surface area is 112 Å². The summed E-state index contributed by atoms with van der Waals surface area (Å²) < 4.78 is 1.76. The Kier molecular flexibility index (Phi) is 3.06. The molecule has 2 N–H and O–H groups in total. The van der Waals surface area contributed by atoms with E-state index in [9.17, 15) is 0 Å². The topological polar surface area (TPSA) is 67.7 Å². The second-order valence-electron chi connectivity index (χ2n) is 4.83. The molecule has 0 unspecified atom stereocenters. The molecule has 1 aliphatic carbocycles. The lowest BCUT2D eigenvalue weighted by atomic mass is 10.3. The first-order chi connectivity index (χ1) is 9.24. The van der Waals surface area contributed by atoms with Gasteiger partial charge in [-0.15, -0.1) is 0 Å². The molecule has 2 aromatic heterocycles. The molecule has 0 spiro atoms. The zero-order valence-corrected chi connectivity index (χ0v) is 11.2. The van der Waals surface area contributed by atoms with Gasteiger partial charge in [-0.1, -0.05) is 0 Å². The Morgan fingerprint density at radius 3 is 2.74 bits per heavy atom. The van der Waals surface area contributed by atoms with Crippen molar-refractivity contribution < 1.29 is 0 Å². The maximum atomic E-state index is 4.58. The minimum atomic E-state index is 0.535. The zero-order chi connectivity index (χ0) is 13.2. The fourth-order valence-corrected chi connectivity index (χ4v) is 1.96. The molecule has 0 aromatic carbocycles. The predicted octanol–water partition coefficient (Wildman–Crippen LogP) is 2.26. The molecule has 2 heterocycles. The van der Waals surface area contributed by atoms with E-state index < -0.39 is 0 Å². The number of hydrogen-bond acceptors (Lipinski definition) is 5. The quantitative estimate of drug-likeness (QED) is 0.861. The van der Waals surface area contributed by atoms with Crippen LogP contribution < -0.4 is 10.6 Å². The Hall–Kier alpha value is -2.11. The van der Waals surface area contributed by atoms with E-state index in [0.29, 0.717) is 5.92 Å². The average molecular weight is 258 g/mol. The van der Waals surface area contributed by atoms with Crippen LogP contribution in [0.4, 0.5) is 17.3 Å². The van der Waals surface area contributed by atoms with Crippen LogP contribution in [0.2, 0.25) is 0 Å². The van der Waals surface area contributed by atoms with Crippen molar-refractivity contribution in [2.45, 2.75) is 25.7 Å². The van der Waals surface area contributed by atoms with Crippen LogP contribution in [0.3, 0.4) is 0 Å². The number of rotatable bonds is 5. The van der Waals surface area contributed by atoms with Gasteiger partial charge in [-0.2, -0.15) is 5.10 Å². The van der Waals surface area contributed by atoms with Crippen LogP contribution in [-0.4, -0.2) is 26.3 Å². The zero-order valence-electron chi connectivity index (χ0n) is 11.2. The molecule has 0 bridgehead atoms. The van der Waals surface area contributed by atoms with Crippen LogP contribution in [0, 0.1) is 0 Å². The first-order valence-corrected chi connectivity index (χ1v) is 6.63. The van der Waals surface area contributed by atoms with Crippen LogP contribution in [0.1, 0.15) is 31.5 Å². The van der Waals surface area contributed by atoms with Crippen molar-refractivity contribution in [1.29, 1.82) is 0 Å². The molecule has 3 rings (SSSR count). The minimum absolute atomic E-state index is 0.535. The summed E-state index contributed by atoms with van der Waals surface area (Å²) in [6, 6.07) is 1.93. The second kappa shape index (κ2) is 4.87. The van der Waals surface area contributed by atoms with Crippen molar-refractivity contribution in [2.24, 2.45) is 7.05 Å². The van der Waals surface area contributed by atoms with Crippen LogP contribution >= 0.6 is 0 Å². The standard InChI is InChI=1S/C13H18N6/c1-3-14-11-6-12(16-10-7-15-19(2)8-10)18-13(17-11)9-4-5-9/h6-9H,3-5H2,1-2H3,(H2,14,16,17,18). The number of aryl methyl sites for hydroxylation is 1. The normalized spacial score (nSPS) is 14.4. The number of hydrogen-bond donors (Lipinski definition) is 2. The summed E-state index contributed by atoms with van der Waals surface area (Å²) in [6.45, 7) is 2.92. The van der Waals surface area contributed by atoms with E-state index in [4.69, 9.17) is 0 Å². The van der Waals surface area contributed by atoms with Gasteiger partial charge in [0.25, 0.3) is 0 Å². The first-order valence-electron chi connectivity index (χ1n) is 6.63. The van der Waals surface area contributed by atoms with Crippen molar-refractivity contribution >= 4 is 17.3 Å². The van der Waals surface area contributed by atoms with Gasteiger partial charge < -0.3 is 10.6 Å². The Bertz CT molecular complexity index is 572. The number of aromatic nitrogens is 4. The number of nitrogens with one attached hydrogen (secondary N) is 2. The molecule has 0 amide bonds. The molecule has 0 radical (unpaired) electrons. The fraction of sp³-hybridized carbons (Fsp3) is 0.462. The first kappa shape index (κ1) is 12.0. The molecule has 100 valence electrons. The molecular formula is C13H18N6. The number of nitrogens with zero attached hydrogens (tertiary/aromatic N) is 4. The van der Waals surface area contributed by atoms with E-state index in [2.05, 4.69) is 32.6 Å². The summed E-state index contributed by atoms with van der Waals surface area (Å²) in [5, 5.41) is 10.7. The lowest BCUT2D eigenvalue weighted by Crippen LogP contribution is -2.05. The Balaban J connectivity index is 1.86. The molecule has 6 heteroatoms.